The van der Waals surface area contributed by atoms with Gasteiger partial charge in [-0.15, -0.1) is 0 Å². The Morgan fingerprint density at radius 1 is 1.42 bits per heavy atom. The molecule has 0 saturated carbocycles. The summed E-state index contributed by atoms with van der Waals surface area (Å²) in [6, 6.07) is 5.37. The zero-order chi connectivity index (χ0) is 14.3. The van der Waals surface area contributed by atoms with Crippen LogP contribution in [0.3, 0.4) is 0 Å². The monoisotopic (exact) mass is 329 g/mol. The zero-order valence-corrected chi connectivity index (χ0v) is 13.2. The summed E-state index contributed by atoms with van der Waals surface area (Å²) in [5.74, 6) is 0.483. The van der Waals surface area contributed by atoms with Crippen LogP contribution in [0.4, 0.5) is 4.39 Å². The fourth-order valence-electron chi connectivity index (χ4n) is 1.47. The van der Waals surface area contributed by atoms with E-state index in [1.165, 1.54) is 6.07 Å². The molecule has 0 bridgehead atoms. The van der Waals surface area contributed by atoms with Gasteiger partial charge < -0.3 is 10.6 Å². The number of aliphatic imine (C=N–C) groups is 1. The SMILES string of the molecule is CCNC(=NCc1ccc(Br)cc1F)NC(C)CC. The molecule has 0 aliphatic rings. The topological polar surface area (TPSA) is 36.4 Å². The van der Waals surface area contributed by atoms with Crippen LogP contribution in [0.1, 0.15) is 32.8 Å². The molecular weight excluding hydrogens is 309 g/mol. The fraction of sp³-hybridized carbons (Fsp3) is 0.500. The quantitative estimate of drug-likeness (QED) is 0.641. The Kier molecular flexibility index (Phi) is 6.84. The molecule has 2 N–H and O–H groups in total. The van der Waals surface area contributed by atoms with Crippen molar-refractivity contribution in [2.24, 2.45) is 4.99 Å². The Morgan fingerprint density at radius 3 is 2.74 bits per heavy atom. The predicted molar refractivity (Wildman–Crippen MR) is 81.8 cm³/mol. The first-order chi connectivity index (χ1) is 9.06. The molecule has 1 unspecified atom stereocenters. The van der Waals surface area contributed by atoms with Crippen LogP contribution in [-0.4, -0.2) is 18.5 Å². The summed E-state index contributed by atoms with van der Waals surface area (Å²) in [5, 5.41) is 6.43. The van der Waals surface area contributed by atoms with Crippen LogP contribution in [0.2, 0.25) is 0 Å². The molecule has 0 radical (unpaired) electrons. The van der Waals surface area contributed by atoms with Gasteiger partial charge in [-0.1, -0.05) is 28.9 Å². The summed E-state index contributed by atoms with van der Waals surface area (Å²) in [4.78, 5) is 4.40. The van der Waals surface area contributed by atoms with Gasteiger partial charge in [0.2, 0.25) is 0 Å². The van der Waals surface area contributed by atoms with Gasteiger partial charge >= 0.3 is 0 Å². The van der Waals surface area contributed by atoms with E-state index in [0.717, 1.165) is 23.4 Å². The lowest BCUT2D eigenvalue weighted by Crippen LogP contribution is -2.41. The minimum absolute atomic E-state index is 0.238. The second-order valence-electron chi connectivity index (χ2n) is 4.38. The highest BCUT2D eigenvalue weighted by Crippen LogP contribution is 2.15. The number of hydrogen-bond donors (Lipinski definition) is 2. The third-order valence-electron chi connectivity index (χ3n) is 2.76. The minimum atomic E-state index is -0.238. The Hall–Kier alpha value is -1.10. The smallest absolute Gasteiger partial charge is 0.191 e. The third-order valence-corrected chi connectivity index (χ3v) is 3.26. The first kappa shape index (κ1) is 16.0. The maximum Gasteiger partial charge on any atom is 0.191 e. The average Bonchev–Trinajstić information content (AvgIpc) is 2.37. The van der Waals surface area contributed by atoms with E-state index in [9.17, 15) is 4.39 Å². The molecule has 106 valence electrons. The summed E-state index contributed by atoms with van der Waals surface area (Å²) in [5.41, 5.74) is 0.588. The van der Waals surface area contributed by atoms with E-state index >= 15 is 0 Å². The molecule has 0 amide bonds. The number of benzene rings is 1. The lowest BCUT2D eigenvalue weighted by atomic mass is 10.2. The summed E-state index contributed by atoms with van der Waals surface area (Å²) >= 11 is 3.24. The van der Waals surface area contributed by atoms with E-state index < -0.39 is 0 Å². The van der Waals surface area contributed by atoms with Gasteiger partial charge in [-0.05, 0) is 32.4 Å². The highest BCUT2D eigenvalue weighted by atomic mass is 79.9. The largest absolute Gasteiger partial charge is 0.357 e. The van der Waals surface area contributed by atoms with Gasteiger partial charge in [0.15, 0.2) is 5.96 Å². The Balaban J connectivity index is 2.73. The molecule has 0 aliphatic heterocycles. The van der Waals surface area contributed by atoms with Crippen LogP contribution in [0, 0.1) is 5.82 Å². The van der Waals surface area contributed by atoms with Crippen molar-refractivity contribution in [3.63, 3.8) is 0 Å². The summed E-state index contributed by atoms with van der Waals surface area (Å²) in [6.07, 6.45) is 1.01. The van der Waals surface area contributed by atoms with Gasteiger partial charge in [0.05, 0.1) is 6.54 Å². The molecule has 0 aliphatic carbocycles. The van der Waals surface area contributed by atoms with E-state index in [-0.39, 0.29) is 5.82 Å². The minimum Gasteiger partial charge on any atom is -0.357 e. The van der Waals surface area contributed by atoms with Crippen molar-refractivity contribution in [3.8, 4) is 0 Å². The molecule has 0 fully saturated rings. The van der Waals surface area contributed by atoms with Crippen molar-refractivity contribution in [2.75, 3.05) is 6.54 Å². The maximum atomic E-state index is 13.7. The molecule has 1 aromatic carbocycles. The number of guanidine groups is 1. The van der Waals surface area contributed by atoms with Crippen molar-refractivity contribution in [1.82, 2.24) is 10.6 Å². The molecule has 3 nitrogen and oxygen atoms in total. The van der Waals surface area contributed by atoms with Gasteiger partial charge in [0.1, 0.15) is 5.82 Å². The highest BCUT2D eigenvalue weighted by Gasteiger charge is 2.05. The predicted octanol–water partition coefficient (Wildman–Crippen LogP) is 3.44. The van der Waals surface area contributed by atoms with Gasteiger partial charge in [0, 0.05) is 22.6 Å². The number of halogens is 2. The van der Waals surface area contributed by atoms with Crippen LogP contribution in [0.5, 0.6) is 0 Å². The average molecular weight is 330 g/mol. The Labute approximate surface area is 122 Å². The van der Waals surface area contributed by atoms with Crippen LogP contribution in [0.25, 0.3) is 0 Å². The van der Waals surface area contributed by atoms with Crippen LogP contribution in [0.15, 0.2) is 27.7 Å². The molecule has 0 spiro atoms. The number of nitrogens with one attached hydrogen (secondary N) is 2. The molecule has 5 heteroatoms. The van der Waals surface area contributed by atoms with Crippen molar-refractivity contribution >= 4 is 21.9 Å². The van der Waals surface area contributed by atoms with Crippen molar-refractivity contribution in [3.05, 3.63) is 34.1 Å². The highest BCUT2D eigenvalue weighted by molar-refractivity contribution is 9.10. The number of rotatable bonds is 5. The van der Waals surface area contributed by atoms with E-state index in [1.807, 2.05) is 13.0 Å². The first-order valence-corrected chi connectivity index (χ1v) is 7.34. The second kappa shape index (κ2) is 8.15. The normalized spacial score (nSPS) is 13.2. The number of nitrogens with zero attached hydrogens (tertiary/aromatic N) is 1. The van der Waals surface area contributed by atoms with Gasteiger partial charge in [-0.3, -0.25) is 0 Å². The van der Waals surface area contributed by atoms with E-state index in [2.05, 4.69) is 45.4 Å². The Morgan fingerprint density at radius 2 is 2.16 bits per heavy atom. The van der Waals surface area contributed by atoms with E-state index in [4.69, 9.17) is 0 Å². The Bertz CT molecular complexity index is 435. The molecule has 0 heterocycles. The molecule has 1 rings (SSSR count). The molecule has 1 atom stereocenters. The van der Waals surface area contributed by atoms with Gasteiger partial charge in [-0.25, -0.2) is 9.38 Å². The molecule has 19 heavy (non-hydrogen) atoms. The lowest BCUT2D eigenvalue weighted by molar-refractivity contribution is 0.606. The van der Waals surface area contributed by atoms with E-state index in [1.54, 1.807) is 6.07 Å². The van der Waals surface area contributed by atoms with Crippen LogP contribution >= 0.6 is 15.9 Å². The zero-order valence-electron chi connectivity index (χ0n) is 11.6. The second-order valence-corrected chi connectivity index (χ2v) is 5.30. The van der Waals surface area contributed by atoms with Crippen molar-refractivity contribution < 1.29 is 4.39 Å². The van der Waals surface area contributed by atoms with Gasteiger partial charge in [-0.2, -0.15) is 0 Å². The summed E-state index contributed by atoms with van der Waals surface area (Å²) in [7, 11) is 0. The maximum absolute atomic E-state index is 13.7. The van der Waals surface area contributed by atoms with Gasteiger partial charge in [0.25, 0.3) is 0 Å². The van der Waals surface area contributed by atoms with Crippen LogP contribution in [-0.2, 0) is 6.54 Å². The van der Waals surface area contributed by atoms with Crippen LogP contribution < -0.4 is 10.6 Å². The van der Waals surface area contributed by atoms with Crippen molar-refractivity contribution in [2.45, 2.75) is 39.8 Å². The van der Waals surface area contributed by atoms with E-state index in [0.29, 0.717) is 18.2 Å². The molecule has 0 aromatic heterocycles. The summed E-state index contributed by atoms with van der Waals surface area (Å²) in [6.45, 7) is 7.31. The van der Waals surface area contributed by atoms with Crippen molar-refractivity contribution in [1.29, 1.82) is 0 Å². The molecular formula is C14H21BrFN3. The molecule has 1 aromatic rings. The first-order valence-electron chi connectivity index (χ1n) is 6.55. The lowest BCUT2D eigenvalue weighted by Gasteiger charge is -2.16. The fourth-order valence-corrected chi connectivity index (χ4v) is 1.80. The number of hydrogen-bond acceptors (Lipinski definition) is 1. The summed E-state index contributed by atoms with van der Waals surface area (Å²) < 4.78 is 14.4. The third kappa shape index (κ3) is 5.59. The standard InChI is InChI=1S/C14H21BrFN3/c1-4-10(3)19-14(17-5-2)18-9-11-6-7-12(15)8-13(11)16/h6-8,10H,4-5,9H2,1-3H3,(H2,17,18,19). The molecule has 0 saturated heterocycles.